The number of nitrogens with two attached hydrogens (primary N) is 1. The molecule has 0 radical (unpaired) electrons. The van der Waals surface area contributed by atoms with Gasteiger partial charge in [-0.15, -0.1) is 0 Å². The van der Waals surface area contributed by atoms with Gasteiger partial charge in [0.2, 0.25) is 0 Å². The highest BCUT2D eigenvalue weighted by atomic mass is 19.1. The SMILES string of the molecule is Cc1ccc(C(NN)C2(C)CCCCO2)cc1F. The van der Waals surface area contributed by atoms with Crippen LogP contribution in [0.2, 0.25) is 0 Å². The molecule has 1 saturated heterocycles. The van der Waals surface area contributed by atoms with Crippen molar-refractivity contribution in [1.82, 2.24) is 5.43 Å². The molecule has 3 nitrogen and oxygen atoms in total. The Labute approximate surface area is 107 Å². The van der Waals surface area contributed by atoms with Gasteiger partial charge in [-0.25, -0.2) is 4.39 Å². The number of nitrogens with one attached hydrogen (secondary N) is 1. The largest absolute Gasteiger partial charge is 0.373 e. The maximum Gasteiger partial charge on any atom is 0.126 e. The lowest BCUT2D eigenvalue weighted by molar-refractivity contribution is -0.0899. The lowest BCUT2D eigenvalue weighted by Crippen LogP contribution is -2.48. The van der Waals surface area contributed by atoms with Gasteiger partial charge >= 0.3 is 0 Å². The summed E-state index contributed by atoms with van der Waals surface area (Å²) >= 11 is 0. The topological polar surface area (TPSA) is 47.3 Å². The van der Waals surface area contributed by atoms with E-state index >= 15 is 0 Å². The van der Waals surface area contributed by atoms with E-state index in [0.29, 0.717) is 5.56 Å². The Morgan fingerprint density at radius 1 is 1.44 bits per heavy atom. The zero-order valence-electron chi connectivity index (χ0n) is 11.0. The normalized spacial score (nSPS) is 26.0. The van der Waals surface area contributed by atoms with Crippen molar-refractivity contribution in [2.45, 2.75) is 44.8 Å². The van der Waals surface area contributed by atoms with Gasteiger partial charge in [0.05, 0.1) is 11.6 Å². The van der Waals surface area contributed by atoms with E-state index in [9.17, 15) is 4.39 Å². The summed E-state index contributed by atoms with van der Waals surface area (Å²) in [6.45, 7) is 4.53. The number of rotatable bonds is 3. The molecule has 1 heterocycles. The van der Waals surface area contributed by atoms with Crippen LogP contribution in [0.25, 0.3) is 0 Å². The Bertz CT molecular complexity index is 416. The van der Waals surface area contributed by atoms with E-state index in [2.05, 4.69) is 5.43 Å². The Kier molecular flexibility index (Phi) is 4.00. The summed E-state index contributed by atoms with van der Waals surface area (Å²) < 4.78 is 19.5. The highest BCUT2D eigenvalue weighted by Crippen LogP contribution is 2.36. The van der Waals surface area contributed by atoms with Gasteiger partial charge in [-0.05, 0) is 50.3 Å². The standard InChI is InChI=1S/C14H21FN2O/c1-10-5-6-11(9-12(10)15)13(17-16)14(2)7-3-4-8-18-14/h5-6,9,13,17H,3-4,7-8,16H2,1-2H3. The average molecular weight is 252 g/mol. The highest BCUT2D eigenvalue weighted by molar-refractivity contribution is 5.27. The number of ether oxygens (including phenoxy) is 1. The van der Waals surface area contributed by atoms with Crippen LogP contribution in [0.3, 0.4) is 0 Å². The molecule has 0 aliphatic carbocycles. The van der Waals surface area contributed by atoms with Gasteiger partial charge in [-0.1, -0.05) is 12.1 Å². The van der Waals surface area contributed by atoms with Crippen molar-refractivity contribution in [3.63, 3.8) is 0 Å². The van der Waals surface area contributed by atoms with E-state index in [-0.39, 0.29) is 17.5 Å². The van der Waals surface area contributed by atoms with Gasteiger partial charge in [0, 0.05) is 6.61 Å². The number of hydrogen-bond donors (Lipinski definition) is 2. The van der Waals surface area contributed by atoms with E-state index in [1.807, 2.05) is 13.0 Å². The second-order valence-electron chi connectivity index (χ2n) is 5.23. The summed E-state index contributed by atoms with van der Waals surface area (Å²) in [5.41, 5.74) is 3.90. The fourth-order valence-corrected chi connectivity index (χ4v) is 2.60. The predicted molar refractivity (Wildman–Crippen MR) is 69.4 cm³/mol. The molecule has 1 aliphatic heterocycles. The lowest BCUT2D eigenvalue weighted by Gasteiger charge is -2.40. The summed E-state index contributed by atoms with van der Waals surface area (Å²) in [5.74, 6) is 5.45. The molecule has 18 heavy (non-hydrogen) atoms. The molecule has 1 fully saturated rings. The summed E-state index contributed by atoms with van der Waals surface area (Å²) in [6.07, 6.45) is 3.12. The van der Waals surface area contributed by atoms with Gasteiger partial charge in [0.15, 0.2) is 0 Å². The van der Waals surface area contributed by atoms with Crippen molar-refractivity contribution >= 4 is 0 Å². The second kappa shape index (κ2) is 5.34. The third kappa shape index (κ3) is 2.55. The molecular formula is C14H21FN2O. The third-order valence-corrected chi connectivity index (χ3v) is 3.81. The third-order valence-electron chi connectivity index (χ3n) is 3.81. The van der Waals surface area contributed by atoms with Crippen LogP contribution >= 0.6 is 0 Å². The first-order chi connectivity index (χ1) is 8.57. The minimum absolute atomic E-state index is 0.187. The minimum atomic E-state index is -0.366. The van der Waals surface area contributed by atoms with Crippen LogP contribution in [-0.2, 0) is 4.74 Å². The summed E-state index contributed by atoms with van der Waals surface area (Å²) in [4.78, 5) is 0. The molecule has 4 heteroatoms. The molecule has 2 unspecified atom stereocenters. The summed E-state index contributed by atoms with van der Waals surface area (Å²) in [5, 5.41) is 0. The molecule has 3 N–H and O–H groups in total. The zero-order chi connectivity index (χ0) is 13.2. The summed E-state index contributed by atoms with van der Waals surface area (Å²) in [6, 6.07) is 5.05. The van der Waals surface area contributed by atoms with E-state index < -0.39 is 0 Å². The van der Waals surface area contributed by atoms with Crippen LogP contribution in [0.15, 0.2) is 18.2 Å². The van der Waals surface area contributed by atoms with Gasteiger partial charge < -0.3 is 4.74 Å². The van der Waals surface area contributed by atoms with Crippen LogP contribution in [0.5, 0.6) is 0 Å². The number of benzene rings is 1. The Balaban J connectivity index is 2.29. The fourth-order valence-electron chi connectivity index (χ4n) is 2.60. The molecule has 1 aliphatic rings. The minimum Gasteiger partial charge on any atom is -0.373 e. The molecule has 100 valence electrons. The molecule has 2 atom stereocenters. The Morgan fingerprint density at radius 3 is 2.78 bits per heavy atom. The van der Waals surface area contributed by atoms with E-state index in [1.54, 1.807) is 19.1 Å². The second-order valence-corrected chi connectivity index (χ2v) is 5.23. The molecule has 1 aromatic carbocycles. The number of hydrazine groups is 1. The first kappa shape index (κ1) is 13.5. The lowest BCUT2D eigenvalue weighted by atomic mass is 9.84. The van der Waals surface area contributed by atoms with Gasteiger partial charge in [-0.3, -0.25) is 11.3 Å². The Morgan fingerprint density at radius 2 is 2.22 bits per heavy atom. The zero-order valence-corrected chi connectivity index (χ0v) is 11.0. The molecule has 0 spiro atoms. The highest BCUT2D eigenvalue weighted by Gasteiger charge is 2.37. The first-order valence-corrected chi connectivity index (χ1v) is 6.43. The van der Waals surface area contributed by atoms with Crippen molar-refractivity contribution in [2.24, 2.45) is 5.84 Å². The van der Waals surface area contributed by atoms with Gasteiger partial charge in [0.1, 0.15) is 5.82 Å². The molecule has 0 aromatic heterocycles. The maximum atomic E-state index is 13.7. The van der Waals surface area contributed by atoms with Crippen molar-refractivity contribution in [2.75, 3.05) is 6.61 Å². The molecule has 0 amide bonds. The first-order valence-electron chi connectivity index (χ1n) is 6.43. The maximum absolute atomic E-state index is 13.7. The van der Waals surface area contributed by atoms with E-state index in [0.717, 1.165) is 31.4 Å². The van der Waals surface area contributed by atoms with Crippen molar-refractivity contribution in [1.29, 1.82) is 0 Å². The van der Waals surface area contributed by atoms with Crippen LogP contribution in [0, 0.1) is 12.7 Å². The quantitative estimate of drug-likeness (QED) is 0.642. The van der Waals surface area contributed by atoms with E-state index in [4.69, 9.17) is 10.6 Å². The Hall–Kier alpha value is -0.970. The van der Waals surface area contributed by atoms with Crippen LogP contribution in [0.1, 0.15) is 43.4 Å². The van der Waals surface area contributed by atoms with Crippen LogP contribution in [-0.4, -0.2) is 12.2 Å². The van der Waals surface area contributed by atoms with Crippen LogP contribution in [0.4, 0.5) is 4.39 Å². The molecule has 0 bridgehead atoms. The number of aryl methyl sites for hydroxylation is 1. The molecular weight excluding hydrogens is 231 g/mol. The number of halogens is 1. The van der Waals surface area contributed by atoms with E-state index in [1.165, 1.54) is 0 Å². The summed E-state index contributed by atoms with van der Waals surface area (Å²) in [7, 11) is 0. The predicted octanol–water partition coefficient (Wildman–Crippen LogP) is 2.60. The van der Waals surface area contributed by atoms with Gasteiger partial charge in [-0.2, -0.15) is 0 Å². The molecule has 1 aromatic rings. The molecule has 2 rings (SSSR count). The smallest absolute Gasteiger partial charge is 0.126 e. The van der Waals surface area contributed by atoms with Crippen molar-refractivity contribution < 1.29 is 9.13 Å². The van der Waals surface area contributed by atoms with Crippen molar-refractivity contribution in [3.8, 4) is 0 Å². The molecule has 0 saturated carbocycles. The fraction of sp³-hybridized carbons (Fsp3) is 0.571. The average Bonchev–Trinajstić information content (AvgIpc) is 2.35. The van der Waals surface area contributed by atoms with Crippen LogP contribution < -0.4 is 11.3 Å². The monoisotopic (exact) mass is 252 g/mol. The van der Waals surface area contributed by atoms with Gasteiger partial charge in [0.25, 0.3) is 0 Å². The number of hydrogen-bond acceptors (Lipinski definition) is 3. The van der Waals surface area contributed by atoms with Crippen molar-refractivity contribution in [3.05, 3.63) is 35.1 Å².